The van der Waals surface area contributed by atoms with Crippen molar-refractivity contribution in [3.05, 3.63) is 42.5 Å². The van der Waals surface area contributed by atoms with E-state index in [1.54, 1.807) is 6.33 Å². The molecule has 1 aliphatic rings. The Morgan fingerprint density at radius 2 is 2.08 bits per heavy atom. The second-order valence-corrected chi connectivity index (χ2v) is 6.10. The fourth-order valence-electron chi connectivity index (χ4n) is 3.07. The summed E-state index contributed by atoms with van der Waals surface area (Å²) in [6, 6.07) is 8.37. The molecule has 1 unspecified atom stereocenters. The largest absolute Gasteiger partial charge is 0.376 e. The summed E-state index contributed by atoms with van der Waals surface area (Å²) in [5.74, 6) is 0.732. The van der Waals surface area contributed by atoms with Crippen LogP contribution in [0.1, 0.15) is 25.3 Å². The SMILES string of the molecule is CCc1ccc(Nc2ncnc3c2ncn3CC2CCCO2)cc1. The molecule has 1 aliphatic heterocycles. The molecule has 0 spiro atoms. The fourth-order valence-corrected chi connectivity index (χ4v) is 3.07. The van der Waals surface area contributed by atoms with Crippen molar-refractivity contribution in [1.29, 1.82) is 0 Å². The lowest BCUT2D eigenvalue weighted by Crippen LogP contribution is -2.14. The van der Waals surface area contributed by atoms with Crippen molar-refractivity contribution in [1.82, 2.24) is 19.5 Å². The third kappa shape index (κ3) is 2.97. The molecule has 6 nitrogen and oxygen atoms in total. The van der Waals surface area contributed by atoms with E-state index in [-0.39, 0.29) is 6.10 Å². The monoisotopic (exact) mass is 323 g/mol. The molecule has 1 saturated heterocycles. The van der Waals surface area contributed by atoms with Crippen molar-refractivity contribution < 1.29 is 4.74 Å². The van der Waals surface area contributed by atoms with Gasteiger partial charge in [0.2, 0.25) is 0 Å². The summed E-state index contributed by atoms with van der Waals surface area (Å²) in [5.41, 5.74) is 3.94. The summed E-state index contributed by atoms with van der Waals surface area (Å²) in [6.45, 7) is 3.79. The third-order valence-electron chi connectivity index (χ3n) is 4.45. The highest BCUT2D eigenvalue weighted by atomic mass is 16.5. The molecule has 6 heteroatoms. The van der Waals surface area contributed by atoms with Gasteiger partial charge in [0.05, 0.1) is 19.0 Å². The average molecular weight is 323 g/mol. The summed E-state index contributed by atoms with van der Waals surface area (Å²) in [7, 11) is 0. The number of aromatic nitrogens is 4. The van der Waals surface area contributed by atoms with Crippen LogP contribution < -0.4 is 5.32 Å². The zero-order chi connectivity index (χ0) is 16.4. The molecule has 1 N–H and O–H groups in total. The topological polar surface area (TPSA) is 64.9 Å². The molecule has 0 radical (unpaired) electrons. The van der Waals surface area contributed by atoms with Crippen LogP contribution in [0.3, 0.4) is 0 Å². The maximum absolute atomic E-state index is 5.72. The number of rotatable bonds is 5. The minimum Gasteiger partial charge on any atom is -0.376 e. The van der Waals surface area contributed by atoms with Gasteiger partial charge in [-0.2, -0.15) is 0 Å². The van der Waals surface area contributed by atoms with Gasteiger partial charge in [0, 0.05) is 12.3 Å². The first-order valence-corrected chi connectivity index (χ1v) is 8.47. The number of hydrogen-bond donors (Lipinski definition) is 1. The molecule has 1 fully saturated rings. The summed E-state index contributed by atoms with van der Waals surface area (Å²) in [6.07, 6.45) is 6.93. The smallest absolute Gasteiger partial charge is 0.165 e. The Labute approximate surface area is 140 Å². The maximum atomic E-state index is 5.72. The summed E-state index contributed by atoms with van der Waals surface area (Å²) < 4.78 is 7.77. The number of nitrogens with one attached hydrogen (secondary N) is 1. The Kier molecular flexibility index (Phi) is 4.13. The van der Waals surface area contributed by atoms with E-state index in [9.17, 15) is 0 Å². The second-order valence-electron chi connectivity index (χ2n) is 6.10. The number of imidazole rings is 1. The first-order chi connectivity index (χ1) is 11.8. The quantitative estimate of drug-likeness (QED) is 0.780. The first-order valence-electron chi connectivity index (χ1n) is 8.47. The highest BCUT2D eigenvalue weighted by molar-refractivity contribution is 5.85. The summed E-state index contributed by atoms with van der Waals surface area (Å²) in [5, 5.41) is 3.35. The standard InChI is InChI=1S/C18H21N5O/c1-2-13-5-7-14(8-6-13)22-17-16-18(20-11-19-17)23(12-21-16)10-15-4-3-9-24-15/h5-8,11-12,15H,2-4,9-10H2,1H3,(H,19,20,22). The highest BCUT2D eigenvalue weighted by Crippen LogP contribution is 2.23. The fraction of sp³-hybridized carbons (Fsp3) is 0.389. The number of benzene rings is 1. The molecule has 124 valence electrons. The second kappa shape index (κ2) is 6.57. The number of hydrogen-bond acceptors (Lipinski definition) is 5. The summed E-state index contributed by atoms with van der Waals surface area (Å²) >= 11 is 0. The molecule has 3 heterocycles. The van der Waals surface area contributed by atoms with Gasteiger partial charge in [-0.05, 0) is 37.0 Å². The van der Waals surface area contributed by atoms with Crippen LogP contribution in [0.4, 0.5) is 11.5 Å². The van der Waals surface area contributed by atoms with Crippen LogP contribution >= 0.6 is 0 Å². The lowest BCUT2D eigenvalue weighted by molar-refractivity contribution is 0.0978. The van der Waals surface area contributed by atoms with Crippen LogP contribution in [0, 0.1) is 0 Å². The van der Waals surface area contributed by atoms with E-state index >= 15 is 0 Å². The van der Waals surface area contributed by atoms with Gasteiger partial charge in [-0.1, -0.05) is 19.1 Å². The zero-order valence-electron chi connectivity index (χ0n) is 13.8. The van der Waals surface area contributed by atoms with Crippen molar-refractivity contribution in [2.75, 3.05) is 11.9 Å². The lowest BCUT2D eigenvalue weighted by Gasteiger charge is -2.10. The lowest BCUT2D eigenvalue weighted by atomic mass is 10.1. The molecule has 2 aromatic heterocycles. The molecule has 0 amide bonds. The molecule has 0 bridgehead atoms. The Hall–Kier alpha value is -2.47. The van der Waals surface area contributed by atoms with Crippen LogP contribution in [0.5, 0.6) is 0 Å². The zero-order valence-corrected chi connectivity index (χ0v) is 13.8. The molecule has 0 saturated carbocycles. The molecular weight excluding hydrogens is 302 g/mol. The van der Waals surface area contributed by atoms with Gasteiger partial charge >= 0.3 is 0 Å². The van der Waals surface area contributed by atoms with Crippen LogP contribution in [-0.2, 0) is 17.7 Å². The van der Waals surface area contributed by atoms with Crippen molar-refractivity contribution in [3.8, 4) is 0 Å². The molecule has 1 atom stereocenters. The van der Waals surface area contributed by atoms with Crippen LogP contribution in [0.2, 0.25) is 0 Å². The molecule has 0 aliphatic carbocycles. The normalized spacial score (nSPS) is 17.5. The van der Waals surface area contributed by atoms with Crippen LogP contribution in [0.25, 0.3) is 11.2 Å². The highest BCUT2D eigenvalue weighted by Gasteiger charge is 2.18. The van der Waals surface area contributed by atoms with Crippen molar-refractivity contribution in [2.24, 2.45) is 0 Å². The predicted octanol–water partition coefficient (Wildman–Crippen LogP) is 3.31. The molecule has 24 heavy (non-hydrogen) atoms. The number of aryl methyl sites for hydroxylation is 1. The van der Waals surface area contributed by atoms with E-state index in [0.29, 0.717) is 0 Å². The Balaban J connectivity index is 1.59. The first kappa shape index (κ1) is 15.1. The molecule has 1 aromatic carbocycles. The van der Waals surface area contributed by atoms with Gasteiger partial charge in [-0.3, -0.25) is 0 Å². The van der Waals surface area contributed by atoms with Gasteiger partial charge in [0.15, 0.2) is 17.0 Å². The summed E-state index contributed by atoms with van der Waals surface area (Å²) in [4.78, 5) is 13.3. The van der Waals surface area contributed by atoms with E-state index < -0.39 is 0 Å². The van der Waals surface area contributed by atoms with Gasteiger partial charge < -0.3 is 14.6 Å². The molecule has 4 rings (SSSR count). The van der Waals surface area contributed by atoms with Gasteiger partial charge in [0.25, 0.3) is 0 Å². The third-order valence-corrected chi connectivity index (χ3v) is 4.45. The number of nitrogens with zero attached hydrogens (tertiary/aromatic N) is 4. The van der Waals surface area contributed by atoms with E-state index in [0.717, 1.165) is 55.1 Å². The van der Waals surface area contributed by atoms with E-state index in [4.69, 9.17) is 4.74 Å². The minimum absolute atomic E-state index is 0.260. The average Bonchev–Trinajstić information content (AvgIpc) is 3.27. The van der Waals surface area contributed by atoms with Crippen LogP contribution in [0.15, 0.2) is 36.9 Å². The number of fused-ring (bicyclic) bond motifs is 1. The van der Waals surface area contributed by atoms with Gasteiger partial charge in [0.1, 0.15) is 6.33 Å². The van der Waals surface area contributed by atoms with Gasteiger partial charge in [-0.15, -0.1) is 0 Å². The van der Waals surface area contributed by atoms with Crippen molar-refractivity contribution in [3.63, 3.8) is 0 Å². The minimum atomic E-state index is 0.260. The van der Waals surface area contributed by atoms with E-state index in [1.165, 1.54) is 5.56 Å². The Bertz CT molecular complexity index is 821. The van der Waals surface area contributed by atoms with E-state index in [1.807, 2.05) is 6.33 Å². The predicted molar refractivity (Wildman–Crippen MR) is 93.4 cm³/mol. The van der Waals surface area contributed by atoms with Crippen molar-refractivity contribution in [2.45, 2.75) is 38.8 Å². The Morgan fingerprint density at radius 1 is 1.21 bits per heavy atom. The van der Waals surface area contributed by atoms with Crippen molar-refractivity contribution >= 4 is 22.7 Å². The molecule has 3 aromatic rings. The molecular formula is C18H21N5O. The maximum Gasteiger partial charge on any atom is 0.165 e. The van der Waals surface area contributed by atoms with E-state index in [2.05, 4.69) is 56.0 Å². The van der Waals surface area contributed by atoms with Crippen LogP contribution in [-0.4, -0.2) is 32.2 Å². The van der Waals surface area contributed by atoms with Gasteiger partial charge in [-0.25, -0.2) is 15.0 Å². The number of anilines is 2. The number of ether oxygens (including phenoxy) is 1. The Morgan fingerprint density at radius 3 is 2.83 bits per heavy atom.